The minimum atomic E-state index is -1.53. The molecule has 1 aliphatic rings. The lowest BCUT2D eigenvalue weighted by Crippen LogP contribution is -2.67. The summed E-state index contributed by atoms with van der Waals surface area (Å²) in [6.07, 6.45) is 4.99. The fraction of sp³-hybridized carbons (Fsp3) is 0.375. The van der Waals surface area contributed by atoms with Gasteiger partial charge in [0.2, 0.25) is 23.6 Å². The second kappa shape index (κ2) is 11.3. The maximum absolute atomic E-state index is 13.2. The number of aromatic nitrogens is 2. The number of carbonyl (C=O) groups is 5. The lowest BCUT2D eigenvalue weighted by atomic mass is 9.78. The molecule has 0 atom stereocenters. The van der Waals surface area contributed by atoms with Gasteiger partial charge in [0, 0.05) is 25.1 Å². The van der Waals surface area contributed by atoms with Crippen molar-refractivity contribution in [2.24, 2.45) is 5.41 Å². The average Bonchev–Trinajstić information content (AvgIpc) is 2.89. The van der Waals surface area contributed by atoms with Crippen molar-refractivity contribution >= 4 is 29.7 Å². The molecule has 2 N–H and O–H groups in total. The Balaban J connectivity index is 1.73. The van der Waals surface area contributed by atoms with Gasteiger partial charge in [-0.1, -0.05) is 19.9 Å². The molecular weight excluding hydrogens is 452 g/mol. The molecule has 1 saturated heterocycles. The largest absolute Gasteiger partial charge is 0.350 e. The second-order valence-corrected chi connectivity index (χ2v) is 8.08. The van der Waals surface area contributed by atoms with E-state index >= 15 is 0 Å². The van der Waals surface area contributed by atoms with Crippen molar-refractivity contribution < 1.29 is 24.0 Å². The molecule has 6 amide bonds. The van der Waals surface area contributed by atoms with Crippen LogP contribution >= 0.6 is 0 Å². The number of urea groups is 1. The molecule has 1 aliphatic heterocycles. The summed E-state index contributed by atoms with van der Waals surface area (Å²) in [4.78, 5) is 74.2. The van der Waals surface area contributed by atoms with E-state index in [1.54, 1.807) is 62.8 Å². The molecule has 0 spiro atoms. The van der Waals surface area contributed by atoms with Gasteiger partial charge in [-0.2, -0.15) is 0 Å². The van der Waals surface area contributed by atoms with Crippen molar-refractivity contribution in [3.05, 3.63) is 60.2 Å². The summed E-state index contributed by atoms with van der Waals surface area (Å²) in [7, 11) is 0. The summed E-state index contributed by atoms with van der Waals surface area (Å²) in [6, 6.07) is 7.68. The number of pyridine rings is 2. The van der Waals surface area contributed by atoms with Crippen molar-refractivity contribution in [3.63, 3.8) is 0 Å². The van der Waals surface area contributed by atoms with E-state index in [2.05, 4.69) is 20.6 Å². The number of nitrogens with zero attached hydrogens (tertiary/aromatic N) is 4. The van der Waals surface area contributed by atoms with Crippen molar-refractivity contribution in [3.8, 4) is 0 Å². The summed E-state index contributed by atoms with van der Waals surface area (Å²) in [5, 5.41) is 5.27. The predicted octanol–water partition coefficient (Wildman–Crippen LogP) is 1.01. The van der Waals surface area contributed by atoms with Crippen LogP contribution in [-0.2, 0) is 32.3 Å². The first kappa shape index (κ1) is 25.5. The van der Waals surface area contributed by atoms with Crippen molar-refractivity contribution in [1.82, 2.24) is 30.4 Å². The van der Waals surface area contributed by atoms with Crippen LogP contribution in [0.5, 0.6) is 0 Å². The van der Waals surface area contributed by atoms with Crippen molar-refractivity contribution in [2.75, 3.05) is 13.1 Å². The third kappa shape index (κ3) is 5.68. The van der Waals surface area contributed by atoms with Crippen LogP contribution in [-0.4, -0.2) is 62.5 Å². The SMILES string of the molecule is CCC1(CC)C(=O)N(CC(=O)NCc2ccncc2)C(=O)N(CC(=O)NCc2ccccn2)C1=O. The Morgan fingerprint density at radius 1 is 0.829 bits per heavy atom. The Labute approximate surface area is 202 Å². The topological polar surface area (TPSA) is 142 Å². The van der Waals surface area contributed by atoms with Crippen LogP contribution in [0.1, 0.15) is 37.9 Å². The van der Waals surface area contributed by atoms with Gasteiger partial charge in [0.25, 0.3) is 0 Å². The zero-order chi connectivity index (χ0) is 25.4. The van der Waals surface area contributed by atoms with Gasteiger partial charge in [-0.3, -0.25) is 38.9 Å². The maximum atomic E-state index is 13.2. The van der Waals surface area contributed by atoms with E-state index in [0.717, 1.165) is 15.4 Å². The number of carbonyl (C=O) groups excluding carboxylic acids is 5. The standard InChI is InChI=1S/C24H28N6O5/c1-3-24(4-2)21(33)29(15-19(31)27-13-17-8-11-25-12-9-17)23(35)30(22(24)34)16-20(32)28-14-18-7-5-6-10-26-18/h5-12H,3-4,13-16H2,1-2H3,(H,27,31)(H,28,32). The van der Waals surface area contributed by atoms with E-state index in [1.807, 2.05) is 0 Å². The summed E-state index contributed by atoms with van der Waals surface area (Å²) in [5.74, 6) is -2.63. The molecular formula is C24H28N6O5. The fourth-order valence-electron chi connectivity index (χ4n) is 3.85. The second-order valence-electron chi connectivity index (χ2n) is 8.08. The molecule has 0 aromatic carbocycles. The summed E-state index contributed by atoms with van der Waals surface area (Å²) >= 11 is 0. The number of nitrogens with one attached hydrogen (secondary N) is 2. The van der Waals surface area contributed by atoms with Crippen LogP contribution < -0.4 is 10.6 Å². The number of hydrogen-bond donors (Lipinski definition) is 2. The van der Waals surface area contributed by atoms with E-state index in [-0.39, 0.29) is 25.9 Å². The van der Waals surface area contributed by atoms with Gasteiger partial charge < -0.3 is 10.6 Å². The van der Waals surface area contributed by atoms with Crippen molar-refractivity contribution in [2.45, 2.75) is 39.8 Å². The van der Waals surface area contributed by atoms with Crippen molar-refractivity contribution in [1.29, 1.82) is 0 Å². The van der Waals surface area contributed by atoms with Gasteiger partial charge >= 0.3 is 6.03 Å². The number of barbiturate groups is 1. The van der Waals surface area contributed by atoms with Crippen LogP contribution in [0.4, 0.5) is 4.79 Å². The molecule has 1 fully saturated rings. The minimum Gasteiger partial charge on any atom is -0.350 e. The van der Waals surface area contributed by atoms with Crippen LogP contribution in [0.15, 0.2) is 48.9 Å². The Hall–Kier alpha value is -4.15. The highest BCUT2D eigenvalue weighted by Crippen LogP contribution is 2.35. The highest BCUT2D eigenvalue weighted by atomic mass is 16.2. The molecule has 11 heteroatoms. The summed E-state index contributed by atoms with van der Waals surface area (Å²) in [6.45, 7) is 2.48. The zero-order valence-electron chi connectivity index (χ0n) is 19.7. The van der Waals surface area contributed by atoms with Crippen LogP contribution in [0.2, 0.25) is 0 Å². The Morgan fingerprint density at radius 3 is 1.91 bits per heavy atom. The number of imide groups is 2. The summed E-state index contributed by atoms with van der Waals surface area (Å²) < 4.78 is 0. The highest BCUT2D eigenvalue weighted by Gasteiger charge is 2.55. The number of amides is 6. The quantitative estimate of drug-likeness (QED) is 0.483. The molecule has 3 rings (SSSR count). The predicted molar refractivity (Wildman–Crippen MR) is 124 cm³/mol. The molecule has 0 aliphatic carbocycles. The van der Waals surface area contributed by atoms with Gasteiger partial charge in [0.15, 0.2) is 0 Å². The van der Waals surface area contributed by atoms with E-state index in [9.17, 15) is 24.0 Å². The molecule has 0 radical (unpaired) electrons. The van der Waals surface area contributed by atoms with Gasteiger partial charge in [-0.15, -0.1) is 0 Å². The zero-order valence-corrected chi connectivity index (χ0v) is 19.7. The Morgan fingerprint density at radius 2 is 1.40 bits per heavy atom. The molecule has 0 unspecified atom stereocenters. The third-order valence-electron chi connectivity index (χ3n) is 6.01. The fourth-order valence-corrected chi connectivity index (χ4v) is 3.85. The highest BCUT2D eigenvalue weighted by molar-refractivity contribution is 6.20. The Kier molecular flexibility index (Phi) is 8.24. The Bertz CT molecular complexity index is 1010. The monoisotopic (exact) mass is 480 g/mol. The van der Waals surface area contributed by atoms with Crippen LogP contribution in [0.3, 0.4) is 0 Å². The first-order valence-corrected chi connectivity index (χ1v) is 11.3. The van der Waals surface area contributed by atoms with Gasteiger partial charge in [-0.25, -0.2) is 4.79 Å². The van der Waals surface area contributed by atoms with E-state index in [1.165, 1.54) is 0 Å². The molecule has 2 aromatic heterocycles. The molecule has 11 nitrogen and oxygen atoms in total. The van der Waals surface area contributed by atoms with E-state index < -0.39 is 48.2 Å². The lowest BCUT2D eigenvalue weighted by molar-refractivity contribution is -0.161. The molecule has 35 heavy (non-hydrogen) atoms. The van der Waals surface area contributed by atoms with Gasteiger partial charge in [0.05, 0.1) is 12.2 Å². The summed E-state index contributed by atoms with van der Waals surface area (Å²) in [5.41, 5.74) is -0.126. The van der Waals surface area contributed by atoms with Crippen LogP contribution in [0, 0.1) is 5.41 Å². The van der Waals surface area contributed by atoms with Gasteiger partial charge in [-0.05, 0) is 42.7 Å². The first-order valence-electron chi connectivity index (χ1n) is 11.3. The molecule has 2 aromatic rings. The third-order valence-corrected chi connectivity index (χ3v) is 6.01. The van der Waals surface area contributed by atoms with E-state index in [0.29, 0.717) is 5.69 Å². The molecule has 3 heterocycles. The molecule has 184 valence electrons. The lowest BCUT2D eigenvalue weighted by Gasteiger charge is -2.42. The van der Waals surface area contributed by atoms with Crippen LogP contribution in [0.25, 0.3) is 0 Å². The average molecular weight is 481 g/mol. The molecule has 0 bridgehead atoms. The maximum Gasteiger partial charge on any atom is 0.334 e. The smallest absolute Gasteiger partial charge is 0.334 e. The number of hydrogen-bond acceptors (Lipinski definition) is 7. The number of rotatable bonds is 10. The molecule has 0 saturated carbocycles. The first-order chi connectivity index (χ1) is 16.8. The van der Waals surface area contributed by atoms with E-state index in [4.69, 9.17) is 0 Å². The normalized spacial score (nSPS) is 15.2. The minimum absolute atomic E-state index is 0.114. The van der Waals surface area contributed by atoms with Gasteiger partial charge in [0.1, 0.15) is 18.5 Å².